The first kappa shape index (κ1) is 12.4. The summed E-state index contributed by atoms with van der Waals surface area (Å²) in [6, 6.07) is -0.136. The normalized spacial score (nSPS) is 21.3. The standard InChI is InChI=1S/C10H22N4O/c1-9(10(15)12(2)3)11-14-7-5-13(4)6-8-14/h9,11H,5-8H2,1-4H3. The lowest BCUT2D eigenvalue weighted by atomic mass is 10.3. The average molecular weight is 214 g/mol. The highest BCUT2D eigenvalue weighted by atomic mass is 16.2. The molecule has 0 aromatic carbocycles. The molecule has 1 fully saturated rings. The number of rotatable bonds is 3. The van der Waals surface area contributed by atoms with E-state index in [2.05, 4.69) is 22.4 Å². The highest BCUT2D eigenvalue weighted by Crippen LogP contribution is 1.98. The summed E-state index contributed by atoms with van der Waals surface area (Å²) in [7, 11) is 5.68. The molecule has 1 aliphatic heterocycles. The molecule has 0 bridgehead atoms. The molecule has 5 nitrogen and oxygen atoms in total. The minimum absolute atomic E-state index is 0.119. The topological polar surface area (TPSA) is 38.8 Å². The second kappa shape index (κ2) is 5.44. The van der Waals surface area contributed by atoms with E-state index in [0.717, 1.165) is 26.2 Å². The maximum absolute atomic E-state index is 11.6. The van der Waals surface area contributed by atoms with Crippen LogP contribution in [-0.4, -0.2) is 74.1 Å². The first-order valence-corrected chi connectivity index (χ1v) is 5.41. The molecule has 1 saturated heterocycles. The summed E-state index contributed by atoms with van der Waals surface area (Å²) >= 11 is 0. The van der Waals surface area contributed by atoms with Gasteiger partial charge >= 0.3 is 0 Å². The van der Waals surface area contributed by atoms with Crippen LogP contribution in [0.3, 0.4) is 0 Å². The largest absolute Gasteiger partial charge is 0.347 e. The fourth-order valence-electron chi connectivity index (χ4n) is 1.65. The van der Waals surface area contributed by atoms with Gasteiger partial charge < -0.3 is 9.80 Å². The molecule has 0 aromatic rings. The Morgan fingerprint density at radius 2 is 1.80 bits per heavy atom. The molecule has 1 amide bonds. The second-order valence-corrected chi connectivity index (χ2v) is 4.37. The number of hydrogen-bond donors (Lipinski definition) is 1. The molecule has 1 heterocycles. The molecule has 0 saturated carbocycles. The van der Waals surface area contributed by atoms with E-state index in [-0.39, 0.29) is 11.9 Å². The van der Waals surface area contributed by atoms with Crippen molar-refractivity contribution in [2.75, 3.05) is 47.3 Å². The number of nitrogens with zero attached hydrogens (tertiary/aromatic N) is 3. The van der Waals surface area contributed by atoms with Gasteiger partial charge in [0.25, 0.3) is 0 Å². The average Bonchev–Trinajstić information content (AvgIpc) is 2.20. The summed E-state index contributed by atoms with van der Waals surface area (Å²) in [4.78, 5) is 15.5. The number of likely N-dealkylation sites (N-methyl/N-ethyl adjacent to an activating group) is 2. The van der Waals surface area contributed by atoms with Crippen LogP contribution in [-0.2, 0) is 4.79 Å². The maximum Gasteiger partial charge on any atom is 0.240 e. The molecule has 1 aliphatic rings. The van der Waals surface area contributed by atoms with Crippen LogP contribution in [0, 0.1) is 0 Å². The van der Waals surface area contributed by atoms with E-state index < -0.39 is 0 Å². The molecule has 15 heavy (non-hydrogen) atoms. The first-order chi connectivity index (χ1) is 7.00. The summed E-state index contributed by atoms with van der Waals surface area (Å²) in [5, 5.41) is 2.13. The summed E-state index contributed by atoms with van der Waals surface area (Å²) < 4.78 is 0. The molecule has 1 unspecified atom stereocenters. The Balaban J connectivity index is 2.32. The number of amides is 1. The van der Waals surface area contributed by atoms with Crippen LogP contribution in [0.15, 0.2) is 0 Å². The van der Waals surface area contributed by atoms with Crippen LogP contribution in [0.5, 0.6) is 0 Å². The first-order valence-electron chi connectivity index (χ1n) is 5.41. The molecule has 1 N–H and O–H groups in total. The van der Waals surface area contributed by atoms with Crippen molar-refractivity contribution < 1.29 is 4.79 Å². The highest BCUT2D eigenvalue weighted by Gasteiger charge is 2.20. The molecule has 0 radical (unpaired) electrons. The van der Waals surface area contributed by atoms with E-state index in [9.17, 15) is 4.79 Å². The molecule has 0 spiro atoms. The van der Waals surface area contributed by atoms with Crippen molar-refractivity contribution in [1.29, 1.82) is 0 Å². The summed E-state index contributed by atoms with van der Waals surface area (Å²) in [5.41, 5.74) is 3.24. The smallest absolute Gasteiger partial charge is 0.240 e. The van der Waals surface area contributed by atoms with Crippen LogP contribution in [0.2, 0.25) is 0 Å². The fourth-order valence-corrected chi connectivity index (χ4v) is 1.65. The molecular weight excluding hydrogens is 192 g/mol. The van der Waals surface area contributed by atoms with Crippen molar-refractivity contribution in [1.82, 2.24) is 20.2 Å². The lowest BCUT2D eigenvalue weighted by molar-refractivity contribution is -0.132. The van der Waals surface area contributed by atoms with Gasteiger partial charge in [-0.15, -0.1) is 0 Å². The minimum Gasteiger partial charge on any atom is -0.347 e. The Morgan fingerprint density at radius 3 is 2.27 bits per heavy atom. The van der Waals surface area contributed by atoms with Gasteiger partial charge in [-0.25, -0.2) is 10.4 Å². The number of hydrazine groups is 1. The van der Waals surface area contributed by atoms with Crippen molar-refractivity contribution in [3.8, 4) is 0 Å². The van der Waals surface area contributed by atoms with E-state index in [1.807, 2.05) is 6.92 Å². The Morgan fingerprint density at radius 1 is 1.27 bits per heavy atom. The van der Waals surface area contributed by atoms with E-state index in [1.165, 1.54) is 0 Å². The predicted molar refractivity (Wildman–Crippen MR) is 60.4 cm³/mol. The van der Waals surface area contributed by atoms with Gasteiger partial charge in [0.2, 0.25) is 5.91 Å². The van der Waals surface area contributed by atoms with Gasteiger partial charge in [0.15, 0.2) is 0 Å². The van der Waals surface area contributed by atoms with Gasteiger partial charge in [-0.3, -0.25) is 4.79 Å². The van der Waals surface area contributed by atoms with Crippen molar-refractivity contribution in [3.05, 3.63) is 0 Å². The Labute approximate surface area is 92.0 Å². The number of piperazine rings is 1. The number of nitrogens with one attached hydrogen (secondary N) is 1. The third kappa shape index (κ3) is 3.77. The molecular formula is C10H22N4O. The van der Waals surface area contributed by atoms with E-state index in [0.29, 0.717) is 0 Å². The van der Waals surface area contributed by atoms with Gasteiger partial charge in [0.05, 0.1) is 6.04 Å². The zero-order valence-corrected chi connectivity index (χ0v) is 10.2. The Bertz CT molecular complexity index is 211. The third-order valence-corrected chi connectivity index (χ3v) is 2.69. The summed E-state index contributed by atoms with van der Waals surface area (Å²) in [5.74, 6) is 0.119. The number of carbonyl (C=O) groups excluding carboxylic acids is 1. The quantitative estimate of drug-likeness (QED) is 0.668. The van der Waals surface area contributed by atoms with Crippen LogP contribution in [0.4, 0.5) is 0 Å². The number of carbonyl (C=O) groups is 1. The van der Waals surface area contributed by atoms with Crippen molar-refractivity contribution in [2.24, 2.45) is 0 Å². The summed E-state index contributed by atoms with van der Waals surface area (Å²) in [6.45, 7) is 5.95. The van der Waals surface area contributed by atoms with Crippen LogP contribution >= 0.6 is 0 Å². The number of hydrogen-bond acceptors (Lipinski definition) is 4. The molecule has 0 aromatic heterocycles. The van der Waals surface area contributed by atoms with Crippen molar-refractivity contribution in [3.63, 3.8) is 0 Å². The van der Waals surface area contributed by atoms with Crippen LogP contribution in [0.1, 0.15) is 6.92 Å². The Kier molecular flexibility index (Phi) is 4.50. The van der Waals surface area contributed by atoms with E-state index in [4.69, 9.17) is 0 Å². The zero-order chi connectivity index (χ0) is 11.4. The van der Waals surface area contributed by atoms with E-state index >= 15 is 0 Å². The SMILES string of the molecule is CC(NN1CCN(C)CC1)C(=O)N(C)C. The maximum atomic E-state index is 11.6. The summed E-state index contributed by atoms with van der Waals surface area (Å²) in [6.07, 6.45) is 0. The van der Waals surface area contributed by atoms with Gasteiger partial charge in [-0.1, -0.05) is 0 Å². The van der Waals surface area contributed by atoms with Crippen LogP contribution < -0.4 is 5.43 Å². The molecule has 5 heteroatoms. The van der Waals surface area contributed by atoms with Gasteiger partial charge in [0, 0.05) is 40.3 Å². The second-order valence-electron chi connectivity index (χ2n) is 4.37. The predicted octanol–water partition coefficient (Wildman–Crippen LogP) is -0.785. The van der Waals surface area contributed by atoms with E-state index in [1.54, 1.807) is 19.0 Å². The van der Waals surface area contributed by atoms with Crippen molar-refractivity contribution >= 4 is 5.91 Å². The highest BCUT2D eigenvalue weighted by molar-refractivity contribution is 5.80. The van der Waals surface area contributed by atoms with Crippen LogP contribution in [0.25, 0.3) is 0 Å². The lowest BCUT2D eigenvalue weighted by Gasteiger charge is -2.34. The van der Waals surface area contributed by atoms with Crippen molar-refractivity contribution in [2.45, 2.75) is 13.0 Å². The molecule has 88 valence electrons. The zero-order valence-electron chi connectivity index (χ0n) is 10.2. The third-order valence-electron chi connectivity index (χ3n) is 2.69. The Hall–Kier alpha value is -0.650. The molecule has 0 aliphatic carbocycles. The van der Waals surface area contributed by atoms with Gasteiger partial charge in [0.1, 0.15) is 0 Å². The van der Waals surface area contributed by atoms with Gasteiger partial charge in [-0.2, -0.15) is 0 Å². The minimum atomic E-state index is -0.136. The fraction of sp³-hybridized carbons (Fsp3) is 0.900. The van der Waals surface area contributed by atoms with Gasteiger partial charge in [-0.05, 0) is 14.0 Å². The monoisotopic (exact) mass is 214 g/mol. The lowest BCUT2D eigenvalue weighted by Crippen LogP contribution is -2.56. The molecule has 1 atom stereocenters. The molecule has 1 rings (SSSR count).